The Morgan fingerprint density at radius 2 is 2.10 bits per heavy atom. The first-order valence-electron chi connectivity index (χ1n) is 6.48. The van der Waals surface area contributed by atoms with Crippen LogP contribution in [0.15, 0.2) is 18.3 Å². The number of rotatable bonds is 3. The molecule has 0 fully saturated rings. The van der Waals surface area contributed by atoms with Crippen molar-refractivity contribution in [3.8, 4) is 0 Å². The van der Waals surface area contributed by atoms with E-state index in [1.165, 1.54) is 12.1 Å². The number of aryl methyl sites for hydroxylation is 1. The number of nitro benzene ring substituents is 1. The van der Waals surface area contributed by atoms with Crippen LogP contribution in [0.3, 0.4) is 0 Å². The molecule has 0 saturated carbocycles. The molecule has 1 heterocycles. The molecule has 0 unspecified atom stereocenters. The molecular formula is C14H17N3O4. The lowest BCUT2D eigenvalue weighted by Gasteiger charge is -2.19. The van der Waals surface area contributed by atoms with Gasteiger partial charge < -0.3 is 4.74 Å². The van der Waals surface area contributed by atoms with Gasteiger partial charge in [-0.15, -0.1) is 0 Å². The fourth-order valence-corrected chi connectivity index (χ4v) is 2.08. The minimum Gasteiger partial charge on any atom is -0.460 e. The molecule has 112 valence electrons. The van der Waals surface area contributed by atoms with Crippen LogP contribution in [0, 0.1) is 10.1 Å². The fourth-order valence-electron chi connectivity index (χ4n) is 2.08. The molecule has 0 atom stereocenters. The quantitative estimate of drug-likeness (QED) is 0.492. The predicted octanol–water partition coefficient (Wildman–Crippen LogP) is 2.37. The molecule has 2 aromatic rings. The largest absolute Gasteiger partial charge is 0.460 e. The summed E-state index contributed by atoms with van der Waals surface area (Å²) < 4.78 is 6.82. The third-order valence-corrected chi connectivity index (χ3v) is 2.75. The van der Waals surface area contributed by atoms with E-state index in [9.17, 15) is 14.9 Å². The van der Waals surface area contributed by atoms with Gasteiger partial charge in [-0.05, 0) is 26.3 Å². The van der Waals surface area contributed by atoms with Crippen LogP contribution < -0.4 is 0 Å². The number of carbonyl (C=O) groups excluding carboxylic acids is 1. The van der Waals surface area contributed by atoms with Crippen molar-refractivity contribution in [3.63, 3.8) is 0 Å². The maximum atomic E-state index is 11.9. The smallest absolute Gasteiger partial charge is 0.310 e. The van der Waals surface area contributed by atoms with E-state index in [-0.39, 0.29) is 12.1 Å². The monoisotopic (exact) mass is 291 g/mol. The highest BCUT2D eigenvalue weighted by molar-refractivity contribution is 5.87. The summed E-state index contributed by atoms with van der Waals surface area (Å²) in [6.07, 6.45) is 1.63. The second-order valence-corrected chi connectivity index (χ2v) is 5.87. The van der Waals surface area contributed by atoms with Crippen molar-refractivity contribution in [2.45, 2.75) is 32.8 Å². The Balaban J connectivity index is 2.41. The summed E-state index contributed by atoms with van der Waals surface area (Å²) in [5.74, 6) is -0.435. The third-order valence-electron chi connectivity index (χ3n) is 2.75. The van der Waals surface area contributed by atoms with Crippen LogP contribution >= 0.6 is 0 Å². The zero-order valence-electron chi connectivity index (χ0n) is 12.4. The Hall–Kier alpha value is -2.44. The molecular weight excluding hydrogens is 274 g/mol. The lowest BCUT2D eigenvalue weighted by Crippen LogP contribution is -2.25. The number of carbonyl (C=O) groups is 1. The number of ether oxygens (including phenoxy) is 1. The van der Waals surface area contributed by atoms with Crippen molar-refractivity contribution >= 4 is 22.6 Å². The van der Waals surface area contributed by atoms with Gasteiger partial charge >= 0.3 is 5.97 Å². The van der Waals surface area contributed by atoms with E-state index in [0.717, 1.165) is 0 Å². The van der Waals surface area contributed by atoms with Crippen LogP contribution in [0.25, 0.3) is 10.9 Å². The molecule has 1 aromatic carbocycles. The van der Waals surface area contributed by atoms with Gasteiger partial charge in [-0.25, -0.2) is 0 Å². The number of hydrogen-bond acceptors (Lipinski definition) is 5. The normalized spacial score (nSPS) is 11.6. The van der Waals surface area contributed by atoms with E-state index in [0.29, 0.717) is 16.5 Å². The topological polar surface area (TPSA) is 87.3 Å². The van der Waals surface area contributed by atoms with Crippen LogP contribution in [0.4, 0.5) is 5.69 Å². The maximum Gasteiger partial charge on any atom is 0.310 e. The van der Waals surface area contributed by atoms with Crippen molar-refractivity contribution in [1.82, 2.24) is 9.78 Å². The van der Waals surface area contributed by atoms with Crippen molar-refractivity contribution in [2.24, 2.45) is 7.05 Å². The molecule has 0 aliphatic carbocycles. The summed E-state index contributed by atoms with van der Waals surface area (Å²) in [6.45, 7) is 5.32. The summed E-state index contributed by atoms with van der Waals surface area (Å²) in [5, 5.41) is 15.9. The lowest BCUT2D eigenvalue weighted by molar-refractivity contribution is -0.384. The first-order valence-corrected chi connectivity index (χ1v) is 6.48. The first-order chi connectivity index (χ1) is 9.65. The predicted molar refractivity (Wildman–Crippen MR) is 76.9 cm³/mol. The molecule has 21 heavy (non-hydrogen) atoms. The zero-order valence-corrected chi connectivity index (χ0v) is 12.4. The van der Waals surface area contributed by atoms with Gasteiger partial charge in [0, 0.05) is 30.8 Å². The number of non-ortho nitro benzene ring substituents is 1. The van der Waals surface area contributed by atoms with Crippen LogP contribution in [0.5, 0.6) is 0 Å². The summed E-state index contributed by atoms with van der Waals surface area (Å²) in [4.78, 5) is 22.4. The number of nitrogens with zero attached hydrogens (tertiary/aromatic N) is 3. The fraction of sp³-hybridized carbons (Fsp3) is 0.429. The van der Waals surface area contributed by atoms with Gasteiger partial charge in [0.25, 0.3) is 5.69 Å². The van der Waals surface area contributed by atoms with Gasteiger partial charge in [0.2, 0.25) is 0 Å². The number of aromatic nitrogens is 2. The number of esters is 1. The summed E-state index contributed by atoms with van der Waals surface area (Å²) in [6, 6.07) is 2.82. The van der Waals surface area contributed by atoms with Gasteiger partial charge in [-0.2, -0.15) is 5.10 Å². The van der Waals surface area contributed by atoms with Crippen LogP contribution in [-0.2, 0) is 23.0 Å². The summed E-state index contributed by atoms with van der Waals surface area (Å²) in [5.41, 5.74) is 0.415. The van der Waals surface area contributed by atoms with E-state index in [2.05, 4.69) is 5.10 Å². The molecule has 1 aromatic heterocycles. The van der Waals surface area contributed by atoms with E-state index < -0.39 is 16.5 Å². The number of nitro groups is 1. The Bertz CT molecular complexity index is 713. The van der Waals surface area contributed by atoms with Crippen molar-refractivity contribution in [3.05, 3.63) is 34.0 Å². The first kappa shape index (κ1) is 15.0. The molecule has 0 bridgehead atoms. The van der Waals surface area contributed by atoms with Crippen LogP contribution in [0.2, 0.25) is 0 Å². The highest BCUT2D eigenvalue weighted by Crippen LogP contribution is 2.25. The molecule has 7 heteroatoms. The minimum atomic E-state index is -0.596. The molecule has 0 amide bonds. The second-order valence-electron chi connectivity index (χ2n) is 5.87. The van der Waals surface area contributed by atoms with Gasteiger partial charge in [-0.3, -0.25) is 19.6 Å². The van der Waals surface area contributed by atoms with E-state index in [1.807, 2.05) is 0 Å². The molecule has 0 aliphatic rings. The maximum absolute atomic E-state index is 11.9. The Labute approximate surface area is 121 Å². The van der Waals surface area contributed by atoms with Crippen LogP contribution in [-0.4, -0.2) is 26.3 Å². The highest BCUT2D eigenvalue weighted by atomic mass is 16.6. The molecule has 7 nitrogen and oxygen atoms in total. The molecule has 2 rings (SSSR count). The second kappa shape index (κ2) is 5.16. The van der Waals surface area contributed by atoms with E-state index in [4.69, 9.17) is 4.74 Å². The van der Waals surface area contributed by atoms with E-state index >= 15 is 0 Å². The summed E-state index contributed by atoms with van der Waals surface area (Å²) in [7, 11) is 1.73. The average Bonchev–Trinajstić information content (AvgIpc) is 2.66. The Morgan fingerprint density at radius 1 is 1.43 bits per heavy atom. The number of fused-ring (bicyclic) bond motifs is 1. The Kier molecular flexibility index (Phi) is 3.67. The Morgan fingerprint density at radius 3 is 2.67 bits per heavy atom. The summed E-state index contributed by atoms with van der Waals surface area (Å²) >= 11 is 0. The van der Waals surface area contributed by atoms with Crippen molar-refractivity contribution < 1.29 is 14.5 Å². The molecule has 0 N–H and O–H groups in total. The van der Waals surface area contributed by atoms with E-state index in [1.54, 1.807) is 38.7 Å². The molecule has 0 radical (unpaired) electrons. The average molecular weight is 291 g/mol. The van der Waals surface area contributed by atoms with Crippen LogP contribution in [0.1, 0.15) is 26.3 Å². The van der Waals surface area contributed by atoms with Gasteiger partial charge in [0.15, 0.2) is 0 Å². The number of hydrogen-bond donors (Lipinski definition) is 0. The molecule has 0 saturated heterocycles. The third kappa shape index (κ3) is 3.56. The zero-order chi connectivity index (χ0) is 15.8. The molecule has 0 aliphatic heterocycles. The standard InChI is InChI=1S/C14H17N3O4/c1-14(2,3)21-12(18)7-9-5-11(17(19)20)6-10-8-16(4)15-13(9)10/h5-6,8H,7H2,1-4H3. The lowest BCUT2D eigenvalue weighted by atomic mass is 10.1. The van der Waals surface area contributed by atoms with Gasteiger partial charge in [0.1, 0.15) is 5.60 Å². The van der Waals surface area contributed by atoms with Crippen molar-refractivity contribution in [2.75, 3.05) is 0 Å². The van der Waals surface area contributed by atoms with Gasteiger partial charge in [-0.1, -0.05) is 0 Å². The molecule has 0 spiro atoms. The highest BCUT2D eigenvalue weighted by Gasteiger charge is 2.20. The number of benzene rings is 1. The minimum absolute atomic E-state index is 0.0491. The van der Waals surface area contributed by atoms with Crippen molar-refractivity contribution in [1.29, 1.82) is 0 Å². The van der Waals surface area contributed by atoms with Gasteiger partial charge in [0.05, 0.1) is 16.9 Å². The SMILES string of the molecule is Cn1cc2cc([N+](=O)[O-])cc(CC(=O)OC(C)(C)C)c2n1.